The highest BCUT2D eigenvalue weighted by Crippen LogP contribution is 2.62. The first kappa shape index (κ1) is 16.9. The summed E-state index contributed by atoms with van der Waals surface area (Å²) in [5, 5.41) is 20.9. The summed E-state index contributed by atoms with van der Waals surface area (Å²) in [4.78, 5) is 12.9. The van der Waals surface area contributed by atoms with Crippen LogP contribution < -0.4 is 0 Å². The van der Waals surface area contributed by atoms with Crippen LogP contribution in [0.1, 0.15) is 59.3 Å². The van der Waals surface area contributed by atoms with E-state index in [-0.39, 0.29) is 34.6 Å². The molecular formula is C20H30O3. The fraction of sp³-hybridized carbons (Fsp3) is 0.750. The van der Waals surface area contributed by atoms with E-state index in [0.717, 1.165) is 30.4 Å². The van der Waals surface area contributed by atoms with Gasteiger partial charge >= 0.3 is 0 Å². The second-order valence-electron chi connectivity index (χ2n) is 8.91. The summed E-state index contributed by atoms with van der Waals surface area (Å²) in [5.41, 5.74) is 1.25. The minimum atomic E-state index is -0.570. The highest BCUT2D eigenvalue weighted by atomic mass is 16.3. The Morgan fingerprint density at radius 1 is 1.30 bits per heavy atom. The topological polar surface area (TPSA) is 57.5 Å². The molecule has 3 aliphatic rings. The van der Waals surface area contributed by atoms with Crippen molar-refractivity contribution >= 4 is 5.78 Å². The molecule has 128 valence electrons. The van der Waals surface area contributed by atoms with Gasteiger partial charge in [0.15, 0.2) is 5.78 Å². The zero-order valence-electron chi connectivity index (χ0n) is 14.7. The molecule has 3 nitrogen and oxygen atoms in total. The molecule has 1 fully saturated rings. The number of aliphatic hydroxyl groups is 2. The van der Waals surface area contributed by atoms with Crippen LogP contribution in [0.25, 0.3) is 0 Å². The van der Waals surface area contributed by atoms with Crippen LogP contribution in [-0.4, -0.2) is 28.7 Å². The van der Waals surface area contributed by atoms with E-state index in [4.69, 9.17) is 0 Å². The van der Waals surface area contributed by atoms with Crippen molar-refractivity contribution in [2.24, 2.45) is 22.2 Å². The molecule has 3 heteroatoms. The predicted molar refractivity (Wildman–Crippen MR) is 90.8 cm³/mol. The van der Waals surface area contributed by atoms with E-state index in [0.29, 0.717) is 19.3 Å². The molecule has 23 heavy (non-hydrogen) atoms. The summed E-state index contributed by atoms with van der Waals surface area (Å²) in [6.07, 6.45) is 6.16. The largest absolute Gasteiger partial charge is 0.396 e. The smallest absolute Gasteiger partial charge is 0.159 e. The molecule has 0 heterocycles. The highest BCUT2D eigenvalue weighted by molar-refractivity contribution is 5.98. The fourth-order valence-corrected chi connectivity index (χ4v) is 5.71. The Kier molecular flexibility index (Phi) is 3.89. The van der Waals surface area contributed by atoms with E-state index in [1.807, 2.05) is 6.08 Å². The third kappa shape index (κ3) is 2.35. The number of fused-ring (bicyclic) bond motifs is 2. The van der Waals surface area contributed by atoms with Gasteiger partial charge in [0, 0.05) is 13.0 Å². The highest BCUT2D eigenvalue weighted by Gasteiger charge is 2.57. The monoisotopic (exact) mass is 318 g/mol. The van der Waals surface area contributed by atoms with Crippen LogP contribution >= 0.6 is 0 Å². The second-order valence-corrected chi connectivity index (χ2v) is 8.91. The molecule has 3 aliphatic carbocycles. The Morgan fingerprint density at radius 3 is 2.61 bits per heavy atom. The molecule has 0 aliphatic heterocycles. The zero-order chi connectivity index (χ0) is 17.0. The third-order valence-corrected chi connectivity index (χ3v) is 7.15. The molecule has 0 spiro atoms. The Labute approximate surface area is 139 Å². The number of aliphatic hydroxyl groups excluding tert-OH is 2. The van der Waals surface area contributed by atoms with E-state index in [9.17, 15) is 15.0 Å². The summed E-state index contributed by atoms with van der Waals surface area (Å²) in [6, 6.07) is 0. The van der Waals surface area contributed by atoms with Crippen LogP contribution in [-0.2, 0) is 4.79 Å². The Balaban J connectivity index is 2.12. The van der Waals surface area contributed by atoms with Crippen LogP contribution in [0.3, 0.4) is 0 Å². The summed E-state index contributed by atoms with van der Waals surface area (Å²) < 4.78 is 0. The number of hydrogen-bond acceptors (Lipinski definition) is 3. The van der Waals surface area contributed by atoms with E-state index in [1.165, 1.54) is 0 Å². The molecule has 0 bridgehead atoms. The van der Waals surface area contributed by atoms with E-state index < -0.39 is 6.10 Å². The fourth-order valence-electron chi connectivity index (χ4n) is 5.71. The van der Waals surface area contributed by atoms with Gasteiger partial charge in [-0.1, -0.05) is 33.3 Å². The lowest BCUT2D eigenvalue weighted by atomic mass is 9.47. The van der Waals surface area contributed by atoms with Crippen molar-refractivity contribution in [2.75, 3.05) is 6.61 Å². The van der Waals surface area contributed by atoms with Crippen molar-refractivity contribution in [3.8, 4) is 0 Å². The molecule has 0 saturated heterocycles. The van der Waals surface area contributed by atoms with Crippen molar-refractivity contribution in [1.29, 1.82) is 0 Å². The van der Waals surface area contributed by atoms with Gasteiger partial charge in [-0.3, -0.25) is 4.79 Å². The Bertz CT molecular complexity index is 577. The molecule has 5 atom stereocenters. The molecule has 0 aromatic heterocycles. The first-order valence-corrected chi connectivity index (χ1v) is 8.88. The summed E-state index contributed by atoms with van der Waals surface area (Å²) in [6.45, 7) is 10.4. The molecule has 0 radical (unpaired) electrons. The SMILES string of the molecule is C=C[C@@]1(C)CC2=C([C@H](O)C1)[C@]1(C)CCC[C@](C)(CO)[C@H]1CC2=O. The number of carbonyl (C=O) groups is 1. The van der Waals surface area contributed by atoms with Gasteiger partial charge in [-0.25, -0.2) is 0 Å². The lowest BCUT2D eigenvalue weighted by Crippen LogP contribution is -2.54. The molecule has 0 amide bonds. The summed E-state index contributed by atoms with van der Waals surface area (Å²) >= 11 is 0. The average Bonchev–Trinajstić information content (AvgIpc) is 2.49. The number of rotatable bonds is 2. The van der Waals surface area contributed by atoms with Crippen molar-refractivity contribution in [3.63, 3.8) is 0 Å². The maximum absolute atomic E-state index is 12.9. The number of carbonyl (C=O) groups excluding carboxylic acids is 1. The number of allylic oxidation sites excluding steroid dienone is 2. The molecule has 0 aromatic carbocycles. The van der Waals surface area contributed by atoms with Crippen LogP contribution in [0.15, 0.2) is 23.8 Å². The maximum Gasteiger partial charge on any atom is 0.159 e. The van der Waals surface area contributed by atoms with Gasteiger partial charge in [-0.2, -0.15) is 0 Å². The summed E-state index contributed by atoms with van der Waals surface area (Å²) in [7, 11) is 0. The molecule has 2 N–H and O–H groups in total. The third-order valence-electron chi connectivity index (χ3n) is 7.15. The first-order valence-electron chi connectivity index (χ1n) is 8.88. The number of ketones is 1. The lowest BCUT2D eigenvalue weighted by molar-refractivity contribution is -0.126. The Morgan fingerprint density at radius 2 is 2.00 bits per heavy atom. The molecule has 0 aromatic rings. The number of Topliss-reactive ketones (excluding diaryl/α,β-unsaturated/α-hetero) is 1. The van der Waals surface area contributed by atoms with Crippen molar-refractivity contribution in [3.05, 3.63) is 23.8 Å². The van der Waals surface area contributed by atoms with Crippen molar-refractivity contribution in [1.82, 2.24) is 0 Å². The van der Waals surface area contributed by atoms with E-state index in [1.54, 1.807) is 0 Å². The van der Waals surface area contributed by atoms with Crippen LogP contribution in [0.2, 0.25) is 0 Å². The minimum Gasteiger partial charge on any atom is -0.396 e. The van der Waals surface area contributed by atoms with Gasteiger partial charge < -0.3 is 10.2 Å². The second kappa shape index (κ2) is 5.29. The van der Waals surface area contributed by atoms with Gasteiger partial charge in [-0.05, 0) is 59.0 Å². The number of hydrogen-bond donors (Lipinski definition) is 2. The van der Waals surface area contributed by atoms with Crippen LogP contribution in [0.5, 0.6) is 0 Å². The molecule has 3 rings (SSSR count). The quantitative estimate of drug-likeness (QED) is 0.767. The summed E-state index contributed by atoms with van der Waals surface area (Å²) in [5.74, 6) is 0.304. The van der Waals surface area contributed by atoms with Crippen LogP contribution in [0, 0.1) is 22.2 Å². The van der Waals surface area contributed by atoms with E-state index in [2.05, 4.69) is 27.4 Å². The average molecular weight is 318 g/mol. The minimum absolute atomic E-state index is 0.115. The molecular weight excluding hydrogens is 288 g/mol. The molecule has 1 saturated carbocycles. The van der Waals surface area contributed by atoms with Crippen molar-refractivity contribution < 1.29 is 15.0 Å². The van der Waals surface area contributed by atoms with Crippen molar-refractivity contribution in [2.45, 2.75) is 65.4 Å². The molecule has 0 unspecified atom stereocenters. The van der Waals surface area contributed by atoms with E-state index >= 15 is 0 Å². The van der Waals surface area contributed by atoms with Gasteiger partial charge in [0.25, 0.3) is 0 Å². The standard InChI is InChI=1S/C20H30O3/c1-5-18(2)10-13-14(22)9-16-19(3,12-21)7-6-8-20(16,4)17(13)15(23)11-18/h5,15-16,21,23H,1,6-12H2,2-4H3/t15-,16-,18+,19-,20-/m1/s1. The Hall–Kier alpha value is -0.930. The van der Waals surface area contributed by atoms with Gasteiger partial charge in [0.1, 0.15) is 0 Å². The maximum atomic E-state index is 12.9. The van der Waals surface area contributed by atoms with Gasteiger partial charge in [0.2, 0.25) is 0 Å². The van der Waals surface area contributed by atoms with Gasteiger partial charge in [-0.15, -0.1) is 6.58 Å². The first-order chi connectivity index (χ1) is 10.7. The normalized spacial score (nSPS) is 47.1. The zero-order valence-corrected chi connectivity index (χ0v) is 14.7. The lowest BCUT2D eigenvalue weighted by Gasteiger charge is -2.57. The van der Waals surface area contributed by atoms with Crippen LogP contribution in [0.4, 0.5) is 0 Å². The van der Waals surface area contributed by atoms with Gasteiger partial charge in [0.05, 0.1) is 6.10 Å². The predicted octanol–water partition coefficient (Wildman–Crippen LogP) is 3.41.